The molecule has 2 aromatic heterocycles. The molecule has 0 amide bonds. The summed E-state index contributed by atoms with van der Waals surface area (Å²) in [5.41, 5.74) is 0.457. The molecule has 0 spiro atoms. The number of hydrogen-bond acceptors (Lipinski definition) is 3. The third-order valence-electron chi connectivity index (χ3n) is 1.25. The van der Waals surface area contributed by atoms with E-state index in [1.165, 1.54) is 0 Å². The van der Waals surface area contributed by atoms with Crippen molar-refractivity contribution in [2.75, 3.05) is 0 Å². The lowest BCUT2D eigenvalue weighted by Gasteiger charge is -1.86. The topological polar surface area (TPSA) is 38.9 Å². The minimum atomic E-state index is 0.341. The van der Waals surface area contributed by atoms with Crippen LogP contribution in [0.2, 0.25) is 5.15 Å². The third-order valence-corrected chi connectivity index (χ3v) is 1.96. The number of aromatic nitrogens is 2. The monoisotopic (exact) mass is 232 g/mol. The molecule has 2 heterocycles. The van der Waals surface area contributed by atoms with Crippen LogP contribution in [0.25, 0.3) is 11.1 Å². The van der Waals surface area contributed by atoms with Gasteiger partial charge in [-0.1, -0.05) is 16.8 Å². The van der Waals surface area contributed by atoms with Crippen molar-refractivity contribution in [2.24, 2.45) is 0 Å². The summed E-state index contributed by atoms with van der Waals surface area (Å²) in [6.45, 7) is 0. The van der Waals surface area contributed by atoms with E-state index in [1.807, 2.05) is 0 Å². The summed E-state index contributed by atoms with van der Waals surface area (Å²) in [4.78, 5) is 3.94. The van der Waals surface area contributed by atoms with Gasteiger partial charge < -0.3 is 4.52 Å². The predicted molar refractivity (Wildman–Crippen MR) is 44.5 cm³/mol. The second-order valence-corrected chi connectivity index (χ2v) is 3.25. The molecule has 11 heavy (non-hydrogen) atoms. The second-order valence-electron chi connectivity index (χ2n) is 1.98. The quantitative estimate of drug-likeness (QED) is 0.702. The van der Waals surface area contributed by atoms with Crippen molar-refractivity contribution in [1.82, 2.24) is 10.1 Å². The van der Waals surface area contributed by atoms with Gasteiger partial charge in [0, 0.05) is 10.7 Å². The lowest BCUT2D eigenvalue weighted by atomic mass is 10.4. The predicted octanol–water partition coefficient (Wildman–Crippen LogP) is 2.64. The first-order valence-corrected chi connectivity index (χ1v) is 4.01. The van der Waals surface area contributed by atoms with Gasteiger partial charge in [-0.2, -0.15) is 0 Å². The van der Waals surface area contributed by atoms with Gasteiger partial charge in [-0.3, -0.25) is 0 Å². The fourth-order valence-electron chi connectivity index (χ4n) is 0.780. The summed E-state index contributed by atoms with van der Waals surface area (Å²) < 4.78 is 5.65. The van der Waals surface area contributed by atoms with Crippen LogP contribution in [0.1, 0.15) is 0 Å². The molecule has 0 fully saturated rings. The SMILES string of the molecule is Clc1noc2ncc(Br)cc12. The first kappa shape index (κ1) is 7.06. The van der Waals surface area contributed by atoms with Gasteiger partial charge >= 0.3 is 0 Å². The molecule has 0 saturated heterocycles. The molecule has 0 atom stereocenters. The average molecular weight is 233 g/mol. The summed E-state index contributed by atoms with van der Waals surface area (Å²) in [5.74, 6) is 0. The van der Waals surface area contributed by atoms with Gasteiger partial charge in [0.05, 0.1) is 5.39 Å². The largest absolute Gasteiger partial charge is 0.334 e. The van der Waals surface area contributed by atoms with E-state index >= 15 is 0 Å². The first-order chi connectivity index (χ1) is 5.27. The highest BCUT2D eigenvalue weighted by atomic mass is 79.9. The molecule has 2 aromatic rings. The van der Waals surface area contributed by atoms with Crippen LogP contribution >= 0.6 is 27.5 Å². The smallest absolute Gasteiger partial charge is 0.259 e. The molecule has 3 nitrogen and oxygen atoms in total. The standard InChI is InChI=1S/C6H2BrClN2O/c7-3-1-4-5(8)10-11-6(4)9-2-3/h1-2H. The second kappa shape index (κ2) is 2.46. The highest BCUT2D eigenvalue weighted by molar-refractivity contribution is 9.10. The number of hydrogen-bond donors (Lipinski definition) is 0. The Bertz CT molecular complexity index is 400. The van der Waals surface area contributed by atoms with Crippen molar-refractivity contribution in [2.45, 2.75) is 0 Å². The lowest BCUT2D eigenvalue weighted by Crippen LogP contribution is -1.71. The molecule has 0 N–H and O–H groups in total. The maximum absolute atomic E-state index is 5.68. The van der Waals surface area contributed by atoms with E-state index in [0.717, 1.165) is 9.86 Å². The van der Waals surface area contributed by atoms with Crippen LogP contribution < -0.4 is 0 Å². The van der Waals surface area contributed by atoms with Gasteiger partial charge in [0.1, 0.15) is 0 Å². The van der Waals surface area contributed by atoms with E-state index in [4.69, 9.17) is 16.1 Å². The van der Waals surface area contributed by atoms with Gasteiger partial charge in [0.15, 0.2) is 5.15 Å². The minimum Gasteiger partial charge on any atom is -0.334 e. The van der Waals surface area contributed by atoms with Gasteiger partial charge in [0.2, 0.25) is 0 Å². The average Bonchev–Trinajstić information content (AvgIpc) is 2.33. The molecule has 0 aliphatic heterocycles. The van der Waals surface area contributed by atoms with Crippen molar-refractivity contribution >= 4 is 38.6 Å². The van der Waals surface area contributed by atoms with Crippen LogP contribution in [-0.4, -0.2) is 10.1 Å². The molecule has 0 aromatic carbocycles. The lowest BCUT2D eigenvalue weighted by molar-refractivity contribution is 0.449. The Hall–Kier alpha value is -0.610. The normalized spacial score (nSPS) is 10.7. The molecule has 0 saturated carbocycles. The fourth-order valence-corrected chi connectivity index (χ4v) is 1.28. The van der Waals surface area contributed by atoms with E-state index in [2.05, 4.69) is 26.1 Å². The van der Waals surface area contributed by atoms with E-state index in [1.54, 1.807) is 12.3 Å². The molecule has 0 aliphatic carbocycles. The van der Waals surface area contributed by atoms with Crippen molar-refractivity contribution in [3.8, 4) is 0 Å². The van der Waals surface area contributed by atoms with E-state index < -0.39 is 0 Å². The Morgan fingerprint density at radius 1 is 1.55 bits per heavy atom. The van der Waals surface area contributed by atoms with Crippen molar-refractivity contribution in [3.63, 3.8) is 0 Å². The molecule has 0 radical (unpaired) electrons. The number of pyridine rings is 1. The van der Waals surface area contributed by atoms with Crippen LogP contribution in [0.4, 0.5) is 0 Å². The van der Waals surface area contributed by atoms with Gasteiger partial charge in [-0.15, -0.1) is 0 Å². The molecule has 0 unspecified atom stereocenters. The summed E-state index contributed by atoms with van der Waals surface area (Å²) in [6, 6.07) is 1.81. The number of nitrogens with zero attached hydrogens (tertiary/aromatic N) is 2. The zero-order valence-electron chi connectivity index (χ0n) is 5.21. The van der Waals surface area contributed by atoms with Crippen molar-refractivity contribution in [1.29, 1.82) is 0 Å². The van der Waals surface area contributed by atoms with E-state index in [9.17, 15) is 0 Å². The maximum atomic E-state index is 5.68. The molecule has 5 heteroatoms. The molecule has 56 valence electrons. The fraction of sp³-hybridized carbons (Fsp3) is 0. The molecular weight excluding hydrogens is 231 g/mol. The van der Waals surface area contributed by atoms with Gasteiger partial charge in [-0.05, 0) is 22.0 Å². The van der Waals surface area contributed by atoms with Crippen LogP contribution in [0.5, 0.6) is 0 Å². The van der Waals surface area contributed by atoms with Crippen LogP contribution in [0, 0.1) is 0 Å². The molecule has 2 rings (SSSR count). The molecular formula is C6H2BrClN2O. The summed E-state index contributed by atoms with van der Waals surface area (Å²) in [6.07, 6.45) is 1.63. The van der Waals surface area contributed by atoms with Gasteiger partial charge in [0.25, 0.3) is 5.71 Å². The third kappa shape index (κ3) is 1.12. The minimum absolute atomic E-state index is 0.341. The maximum Gasteiger partial charge on any atom is 0.259 e. The van der Waals surface area contributed by atoms with Crippen molar-refractivity contribution < 1.29 is 4.52 Å². The van der Waals surface area contributed by atoms with Gasteiger partial charge in [-0.25, -0.2) is 4.98 Å². The zero-order chi connectivity index (χ0) is 7.84. The van der Waals surface area contributed by atoms with Crippen LogP contribution in [0.3, 0.4) is 0 Å². The first-order valence-electron chi connectivity index (χ1n) is 2.84. The Balaban J connectivity index is 2.87. The molecule has 0 aliphatic rings. The number of fused-ring (bicyclic) bond motifs is 1. The van der Waals surface area contributed by atoms with E-state index in [-0.39, 0.29) is 0 Å². The van der Waals surface area contributed by atoms with Crippen LogP contribution in [0.15, 0.2) is 21.3 Å². The highest BCUT2D eigenvalue weighted by Gasteiger charge is 2.05. The Labute approximate surface area is 75.5 Å². The summed E-state index contributed by atoms with van der Waals surface area (Å²) in [5, 5.41) is 4.61. The van der Waals surface area contributed by atoms with Crippen LogP contribution in [-0.2, 0) is 0 Å². The zero-order valence-corrected chi connectivity index (χ0v) is 7.56. The summed E-state index contributed by atoms with van der Waals surface area (Å²) in [7, 11) is 0. The Morgan fingerprint density at radius 2 is 2.36 bits per heavy atom. The van der Waals surface area contributed by atoms with Crippen molar-refractivity contribution in [3.05, 3.63) is 21.9 Å². The summed E-state index contributed by atoms with van der Waals surface area (Å²) >= 11 is 8.94. The number of rotatable bonds is 0. The molecule has 0 bridgehead atoms. The highest BCUT2D eigenvalue weighted by Crippen LogP contribution is 2.23. The van der Waals surface area contributed by atoms with E-state index in [0.29, 0.717) is 10.9 Å². The Kier molecular flexibility index (Phi) is 1.58. The number of halogens is 2. The Morgan fingerprint density at radius 3 is 3.18 bits per heavy atom.